The van der Waals surface area contributed by atoms with Gasteiger partial charge < -0.3 is 26.0 Å². The van der Waals surface area contributed by atoms with Crippen LogP contribution in [-0.4, -0.2) is 55.0 Å². The maximum Gasteiger partial charge on any atom is 0.246 e. The first-order chi connectivity index (χ1) is 19.8. The molecule has 8 nitrogen and oxygen atoms in total. The Kier molecular flexibility index (Phi) is 11.1. The van der Waals surface area contributed by atoms with Crippen LogP contribution in [0.2, 0.25) is 5.02 Å². The zero-order valence-corrected chi connectivity index (χ0v) is 24.9. The number of ether oxygens (including phenoxy) is 1. The van der Waals surface area contributed by atoms with Crippen molar-refractivity contribution in [3.63, 3.8) is 0 Å². The van der Waals surface area contributed by atoms with Crippen LogP contribution in [-0.2, 0) is 27.2 Å². The first-order valence-electron chi connectivity index (χ1n) is 14.9. The number of fused-ring (bicyclic) bond motifs is 1. The number of rotatable bonds is 4. The number of amides is 3. The van der Waals surface area contributed by atoms with Gasteiger partial charge in [-0.15, -0.1) is 0 Å². The number of halogens is 1. The molecule has 0 saturated heterocycles. The monoisotopic (exact) mass is 582 g/mol. The van der Waals surface area contributed by atoms with Crippen LogP contribution in [0.4, 0.5) is 0 Å². The molecule has 9 heteroatoms. The fraction of sp³-hybridized carbons (Fsp3) is 0.531. The summed E-state index contributed by atoms with van der Waals surface area (Å²) in [7, 11) is 0. The minimum Gasteiger partial charge on any atom is -0.492 e. The Bertz CT molecular complexity index is 1200. The lowest BCUT2D eigenvalue weighted by Crippen LogP contribution is -2.64. The summed E-state index contributed by atoms with van der Waals surface area (Å²) in [6, 6.07) is 13.9. The van der Waals surface area contributed by atoms with Crippen molar-refractivity contribution in [1.29, 1.82) is 0 Å². The van der Waals surface area contributed by atoms with Crippen molar-refractivity contribution in [1.82, 2.24) is 21.3 Å². The second-order valence-electron chi connectivity index (χ2n) is 11.3. The quantitative estimate of drug-likeness (QED) is 0.437. The van der Waals surface area contributed by atoms with E-state index in [9.17, 15) is 14.4 Å². The van der Waals surface area contributed by atoms with Gasteiger partial charge in [-0.3, -0.25) is 14.4 Å². The fourth-order valence-corrected chi connectivity index (χ4v) is 5.95. The molecular weight excluding hydrogens is 540 g/mol. The molecule has 1 aliphatic carbocycles. The third-order valence-electron chi connectivity index (χ3n) is 8.32. The van der Waals surface area contributed by atoms with Gasteiger partial charge in [0.2, 0.25) is 17.7 Å². The summed E-state index contributed by atoms with van der Waals surface area (Å²) in [5.41, 5.74) is 0.848. The van der Waals surface area contributed by atoms with Crippen molar-refractivity contribution < 1.29 is 19.1 Å². The summed E-state index contributed by atoms with van der Waals surface area (Å²) < 4.78 is 6.10. The topological polar surface area (TPSA) is 109 Å². The highest BCUT2D eigenvalue weighted by atomic mass is 35.5. The molecule has 1 aliphatic heterocycles. The molecule has 1 heterocycles. The third-order valence-corrected chi connectivity index (χ3v) is 8.55. The number of carbonyl (C=O) groups excluding carboxylic acids is 3. The highest BCUT2D eigenvalue weighted by Crippen LogP contribution is 2.31. The summed E-state index contributed by atoms with van der Waals surface area (Å²) in [4.78, 5) is 41.1. The first kappa shape index (κ1) is 30.8. The molecule has 1 saturated carbocycles. The van der Waals surface area contributed by atoms with E-state index in [-0.39, 0.29) is 30.1 Å². The molecule has 222 valence electrons. The molecule has 4 N–H and O–H groups in total. The number of aryl methyl sites for hydroxylation is 1. The van der Waals surface area contributed by atoms with Gasteiger partial charge in [0.25, 0.3) is 0 Å². The van der Waals surface area contributed by atoms with Crippen molar-refractivity contribution >= 4 is 29.3 Å². The largest absolute Gasteiger partial charge is 0.492 e. The van der Waals surface area contributed by atoms with Gasteiger partial charge in [-0.25, -0.2) is 0 Å². The standard InChI is InChI=1S/C32H43ClN4O4/c1-3-22(2)28-30(39)37-32(15-6-7-16-32)31(40)36-26(21-23-10-8-13-25(33)20-23)29(38)35-17-9-12-24-11-4-5-14-27(24)41-19-18-34-28/h4-5,8,10-11,13-14,20,22,26,28,34H,3,6-7,9,12,15-19,21H2,1-2H3,(H,35,38)(H,36,40)(H,37,39)/t22-,26+,28-/m0/s1. The van der Waals surface area contributed by atoms with Crippen LogP contribution in [0, 0.1) is 5.92 Å². The average molecular weight is 583 g/mol. The van der Waals surface area contributed by atoms with E-state index in [2.05, 4.69) is 28.2 Å². The fourth-order valence-electron chi connectivity index (χ4n) is 5.73. The average Bonchev–Trinajstić information content (AvgIpc) is 3.44. The Hall–Kier alpha value is -3.10. The number of para-hydroxylation sites is 1. The number of benzene rings is 2. The number of nitrogens with one attached hydrogen (secondary N) is 4. The van der Waals surface area contributed by atoms with Crippen LogP contribution in [0.1, 0.15) is 63.5 Å². The molecule has 0 bridgehead atoms. The molecule has 2 aliphatic rings. The minimum atomic E-state index is -1.06. The van der Waals surface area contributed by atoms with Crippen molar-refractivity contribution in [2.75, 3.05) is 19.7 Å². The van der Waals surface area contributed by atoms with E-state index < -0.39 is 17.6 Å². The van der Waals surface area contributed by atoms with E-state index >= 15 is 0 Å². The molecular formula is C32H43ClN4O4. The Morgan fingerprint density at radius 3 is 2.54 bits per heavy atom. The molecule has 4 rings (SSSR count). The number of hydrogen-bond acceptors (Lipinski definition) is 5. The Balaban J connectivity index is 1.61. The summed E-state index contributed by atoms with van der Waals surface area (Å²) in [5, 5.41) is 13.1. The Labute approximate surface area is 248 Å². The predicted octanol–water partition coefficient (Wildman–Crippen LogP) is 3.94. The minimum absolute atomic E-state index is 0.0516. The van der Waals surface area contributed by atoms with Gasteiger partial charge in [0.15, 0.2) is 0 Å². The maximum atomic E-state index is 13.9. The van der Waals surface area contributed by atoms with E-state index in [1.165, 1.54) is 0 Å². The van der Waals surface area contributed by atoms with E-state index in [0.29, 0.717) is 37.6 Å². The van der Waals surface area contributed by atoms with E-state index in [4.69, 9.17) is 16.3 Å². The zero-order valence-electron chi connectivity index (χ0n) is 24.1. The second-order valence-corrected chi connectivity index (χ2v) is 11.7. The zero-order chi connectivity index (χ0) is 29.2. The van der Waals surface area contributed by atoms with Crippen molar-refractivity contribution in [2.45, 2.75) is 82.8 Å². The lowest BCUT2D eigenvalue weighted by molar-refractivity contribution is -0.137. The molecule has 0 radical (unpaired) electrons. The molecule has 41 heavy (non-hydrogen) atoms. The Morgan fingerprint density at radius 2 is 1.78 bits per heavy atom. The lowest BCUT2D eigenvalue weighted by Gasteiger charge is -2.34. The first-order valence-corrected chi connectivity index (χ1v) is 15.3. The lowest BCUT2D eigenvalue weighted by atomic mass is 9.92. The normalized spacial score (nSPS) is 23.2. The SMILES string of the molecule is CC[C@H](C)[C@@H]1NCCOc2ccccc2CCCNC(=O)[C@@H](Cc2cccc(Cl)c2)NC(=O)C2(CCCC2)NC1=O. The van der Waals surface area contributed by atoms with E-state index in [1.807, 2.05) is 43.3 Å². The van der Waals surface area contributed by atoms with E-state index in [0.717, 1.165) is 49.0 Å². The highest BCUT2D eigenvalue weighted by molar-refractivity contribution is 6.30. The van der Waals surface area contributed by atoms with Crippen LogP contribution in [0.3, 0.4) is 0 Å². The van der Waals surface area contributed by atoms with Gasteiger partial charge in [0.05, 0.1) is 6.04 Å². The summed E-state index contributed by atoms with van der Waals surface area (Å²) in [6.07, 6.45) is 5.26. The maximum absolute atomic E-state index is 13.9. The molecule has 3 atom stereocenters. The van der Waals surface area contributed by atoms with Gasteiger partial charge in [-0.1, -0.05) is 75.0 Å². The van der Waals surface area contributed by atoms with Crippen LogP contribution >= 0.6 is 11.6 Å². The van der Waals surface area contributed by atoms with Crippen LogP contribution in [0.25, 0.3) is 0 Å². The van der Waals surface area contributed by atoms with Crippen LogP contribution in [0.5, 0.6) is 5.75 Å². The Morgan fingerprint density at radius 1 is 1.00 bits per heavy atom. The van der Waals surface area contributed by atoms with Crippen LogP contribution in [0.15, 0.2) is 48.5 Å². The van der Waals surface area contributed by atoms with Crippen LogP contribution < -0.4 is 26.0 Å². The summed E-state index contributed by atoms with van der Waals surface area (Å²) in [5.74, 6) is 0.0844. The second kappa shape index (κ2) is 14.7. The van der Waals surface area contributed by atoms with Gasteiger partial charge >= 0.3 is 0 Å². The van der Waals surface area contributed by atoms with Crippen molar-refractivity contribution in [3.05, 3.63) is 64.7 Å². The molecule has 0 unspecified atom stereocenters. The highest BCUT2D eigenvalue weighted by Gasteiger charge is 2.45. The van der Waals surface area contributed by atoms with Crippen molar-refractivity contribution in [2.24, 2.45) is 5.92 Å². The number of hydrogen-bond donors (Lipinski definition) is 4. The van der Waals surface area contributed by atoms with Gasteiger partial charge in [-0.05, 0) is 60.9 Å². The van der Waals surface area contributed by atoms with Crippen molar-refractivity contribution in [3.8, 4) is 5.75 Å². The van der Waals surface area contributed by atoms with E-state index in [1.54, 1.807) is 12.1 Å². The molecule has 0 aromatic heterocycles. The summed E-state index contributed by atoms with van der Waals surface area (Å²) >= 11 is 6.22. The summed E-state index contributed by atoms with van der Waals surface area (Å²) in [6.45, 7) is 5.44. The van der Waals surface area contributed by atoms with Gasteiger partial charge in [0, 0.05) is 24.5 Å². The molecule has 1 fully saturated rings. The molecule has 1 spiro atoms. The van der Waals surface area contributed by atoms with Gasteiger partial charge in [-0.2, -0.15) is 0 Å². The number of carbonyl (C=O) groups is 3. The smallest absolute Gasteiger partial charge is 0.246 e. The molecule has 2 aromatic carbocycles. The molecule has 3 amide bonds. The third kappa shape index (κ3) is 8.23. The molecule has 2 aromatic rings. The predicted molar refractivity (Wildman–Crippen MR) is 161 cm³/mol. The van der Waals surface area contributed by atoms with Gasteiger partial charge in [0.1, 0.15) is 23.9 Å².